The number of aryl methyl sites for hydroxylation is 1. The third-order valence-electron chi connectivity index (χ3n) is 3.41. The van der Waals surface area contributed by atoms with Crippen LogP contribution < -0.4 is 0 Å². The van der Waals surface area contributed by atoms with Crippen molar-refractivity contribution in [3.05, 3.63) is 23.8 Å². The van der Waals surface area contributed by atoms with Crippen LogP contribution in [-0.2, 0) is 4.79 Å². The fraction of sp³-hybridized carbons (Fsp3) is 0.643. The van der Waals surface area contributed by atoms with Crippen molar-refractivity contribution in [1.82, 2.24) is 14.9 Å². The number of nitrogens with zero attached hydrogens (tertiary/aromatic N) is 3. The second-order valence-corrected chi connectivity index (χ2v) is 5.33. The Morgan fingerprint density at radius 2 is 2.28 bits per heavy atom. The highest BCUT2D eigenvalue weighted by molar-refractivity contribution is 5.78. The van der Waals surface area contributed by atoms with Crippen LogP contribution in [0, 0.1) is 12.8 Å². The van der Waals surface area contributed by atoms with E-state index in [4.69, 9.17) is 0 Å². The Hall–Kier alpha value is -1.45. The van der Waals surface area contributed by atoms with Gasteiger partial charge in [-0.05, 0) is 25.8 Å². The van der Waals surface area contributed by atoms with Crippen LogP contribution in [0.15, 0.2) is 12.3 Å². The Balaban J connectivity index is 2.09. The summed E-state index contributed by atoms with van der Waals surface area (Å²) in [5.74, 6) is 1.49. The number of hydrogen-bond donors (Lipinski definition) is 0. The Morgan fingerprint density at radius 3 is 2.94 bits per heavy atom. The third-order valence-corrected chi connectivity index (χ3v) is 3.41. The molecule has 2 heterocycles. The van der Waals surface area contributed by atoms with E-state index in [1.807, 2.05) is 31.7 Å². The van der Waals surface area contributed by atoms with Crippen molar-refractivity contribution in [3.8, 4) is 0 Å². The van der Waals surface area contributed by atoms with Gasteiger partial charge < -0.3 is 4.90 Å². The standard InChI is InChI=1S/C14H21N3O/c1-10(2)14(18)17-8-4-5-12(9-17)13-15-7-6-11(3)16-13/h6-7,10,12H,4-5,8-9H2,1-3H3/t12-/m1/s1. The molecule has 4 nitrogen and oxygen atoms in total. The van der Waals surface area contributed by atoms with Crippen molar-refractivity contribution in [2.24, 2.45) is 5.92 Å². The van der Waals surface area contributed by atoms with Gasteiger partial charge in [0, 0.05) is 36.8 Å². The number of amides is 1. The molecule has 0 N–H and O–H groups in total. The lowest BCUT2D eigenvalue weighted by Gasteiger charge is -2.33. The summed E-state index contributed by atoms with van der Waals surface area (Å²) < 4.78 is 0. The largest absolute Gasteiger partial charge is 0.342 e. The van der Waals surface area contributed by atoms with Crippen LogP contribution in [0.5, 0.6) is 0 Å². The van der Waals surface area contributed by atoms with Gasteiger partial charge in [0.1, 0.15) is 5.82 Å². The molecule has 1 fully saturated rings. The maximum Gasteiger partial charge on any atom is 0.225 e. The summed E-state index contributed by atoms with van der Waals surface area (Å²) in [5, 5.41) is 0. The van der Waals surface area contributed by atoms with Gasteiger partial charge in [-0.1, -0.05) is 13.8 Å². The fourth-order valence-corrected chi connectivity index (χ4v) is 2.42. The van der Waals surface area contributed by atoms with Gasteiger partial charge in [-0.2, -0.15) is 0 Å². The van der Waals surface area contributed by atoms with Crippen LogP contribution in [0.1, 0.15) is 44.1 Å². The van der Waals surface area contributed by atoms with E-state index in [2.05, 4.69) is 9.97 Å². The van der Waals surface area contributed by atoms with Crippen LogP contribution in [0.2, 0.25) is 0 Å². The molecule has 1 atom stereocenters. The van der Waals surface area contributed by atoms with Crippen LogP contribution in [0.25, 0.3) is 0 Å². The molecular formula is C14H21N3O. The molecular weight excluding hydrogens is 226 g/mol. The molecule has 1 amide bonds. The number of aromatic nitrogens is 2. The number of carbonyl (C=O) groups is 1. The van der Waals surface area contributed by atoms with E-state index in [0.29, 0.717) is 5.92 Å². The molecule has 0 radical (unpaired) electrons. The molecule has 18 heavy (non-hydrogen) atoms. The average molecular weight is 247 g/mol. The fourth-order valence-electron chi connectivity index (χ4n) is 2.42. The minimum absolute atomic E-state index is 0.0715. The highest BCUT2D eigenvalue weighted by Crippen LogP contribution is 2.25. The zero-order chi connectivity index (χ0) is 13.1. The molecule has 98 valence electrons. The van der Waals surface area contributed by atoms with Gasteiger partial charge in [0.15, 0.2) is 0 Å². The lowest BCUT2D eigenvalue weighted by Crippen LogP contribution is -2.41. The lowest BCUT2D eigenvalue weighted by atomic mass is 9.96. The first-order valence-corrected chi connectivity index (χ1v) is 6.66. The van der Waals surface area contributed by atoms with E-state index < -0.39 is 0 Å². The highest BCUT2D eigenvalue weighted by Gasteiger charge is 2.27. The third kappa shape index (κ3) is 2.86. The van der Waals surface area contributed by atoms with E-state index >= 15 is 0 Å². The Kier molecular flexibility index (Phi) is 3.94. The van der Waals surface area contributed by atoms with Gasteiger partial charge in [0.05, 0.1) is 0 Å². The van der Waals surface area contributed by atoms with Crippen molar-refractivity contribution in [2.75, 3.05) is 13.1 Å². The molecule has 0 spiro atoms. The maximum absolute atomic E-state index is 12.0. The Bertz CT molecular complexity index is 431. The van der Waals surface area contributed by atoms with Crippen molar-refractivity contribution in [1.29, 1.82) is 0 Å². The van der Waals surface area contributed by atoms with Crippen molar-refractivity contribution < 1.29 is 4.79 Å². The molecule has 4 heteroatoms. The van der Waals surface area contributed by atoms with E-state index in [1.54, 1.807) is 6.20 Å². The maximum atomic E-state index is 12.0. The molecule has 1 aromatic rings. The summed E-state index contributed by atoms with van der Waals surface area (Å²) in [6.45, 7) is 7.52. The molecule has 0 saturated carbocycles. The number of hydrogen-bond acceptors (Lipinski definition) is 3. The van der Waals surface area contributed by atoms with E-state index in [0.717, 1.165) is 37.4 Å². The van der Waals surface area contributed by atoms with Gasteiger partial charge in [-0.3, -0.25) is 4.79 Å². The van der Waals surface area contributed by atoms with E-state index in [9.17, 15) is 4.79 Å². The first-order chi connectivity index (χ1) is 8.58. The minimum Gasteiger partial charge on any atom is -0.342 e. The van der Waals surface area contributed by atoms with Crippen LogP contribution in [0.3, 0.4) is 0 Å². The smallest absolute Gasteiger partial charge is 0.225 e. The summed E-state index contributed by atoms with van der Waals surface area (Å²) in [4.78, 5) is 22.8. The first-order valence-electron chi connectivity index (χ1n) is 6.66. The van der Waals surface area contributed by atoms with Crippen LogP contribution >= 0.6 is 0 Å². The predicted octanol–water partition coefficient (Wildman–Crippen LogP) is 2.15. The topological polar surface area (TPSA) is 46.1 Å². The molecule has 1 aromatic heterocycles. The number of piperidine rings is 1. The van der Waals surface area contributed by atoms with Gasteiger partial charge in [0.25, 0.3) is 0 Å². The minimum atomic E-state index is 0.0715. The lowest BCUT2D eigenvalue weighted by molar-refractivity contribution is -0.135. The first kappa shape index (κ1) is 13.0. The van der Waals surface area contributed by atoms with E-state index in [1.165, 1.54) is 0 Å². The second-order valence-electron chi connectivity index (χ2n) is 5.33. The predicted molar refractivity (Wildman–Crippen MR) is 70.2 cm³/mol. The molecule has 1 aliphatic rings. The zero-order valence-electron chi connectivity index (χ0n) is 11.4. The monoisotopic (exact) mass is 247 g/mol. The highest BCUT2D eigenvalue weighted by atomic mass is 16.2. The number of carbonyl (C=O) groups excluding carboxylic acids is 1. The van der Waals surface area contributed by atoms with Crippen LogP contribution in [0.4, 0.5) is 0 Å². The van der Waals surface area contributed by atoms with E-state index in [-0.39, 0.29) is 11.8 Å². The van der Waals surface area contributed by atoms with Gasteiger partial charge >= 0.3 is 0 Å². The molecule has 0 unspecified atom stereocenters. The Morgan fingerprint density at radius 1 is 1.50 bits per heavy atom. The quantitative estimate of drug-likeness (QED) is 0.804. The summed E-state index contributed by atoms with van der Waals surface area (Å²) in [6, 6.07) is 1.91. The Labute approximate surface area is 108 Å². The van der Waals surface area contributed by atoms with Crippen LogP contribution in [-0.4, -0.2) is 33.9 Å². The average Bonchev–Trinajstić information content (AvgIpc) is 2.38. The summed E-state index contributed by atoms with van der Waals surface area (Å²) in [5.41, 5.74) is 0.993. The SMILES string of the molecule is Cc1ccnc([C@@H]2CCCN(C(=O)C(C)C)C2)n1. The van der Waals surface area contributed by atoms with Crippen molar-refractivity contribution in [3.63, 3.8) is 0 Å². The molecule has 0 aliphatic carbocycles. The van der Waals surface area contributed by atoms with Gasteiger partial charge in [-0.25, -0.2) is 9.97 Å². The summed E-state index contributed by atoms with van der Waals surface area (Å²) in [6.07, 6.45) is 3.92. The molecule has 0 aromatic carbocycles. The zero-order valence-corrected chi connectivity index (χ0v) is 11.4. The molecule has 1 saturated heterocycles. The molecule has 1 aliphatic heterocycles. The summed E-state index contributed by atoms with van der Waals surface area (Å²) >= 11 is 0. The van der Waals surface area contributed by atoms with Crippen molar-refractivity contribution in [2.45, 2.75) is 39.5 Å². The number of likely N-dealkylation sites (tertiary alicyclic amines) is 1. The van der Waals surface area contributed by atoms with Gasteiger partial charge in [-0.15, -0.1) is 0 Å². The molecule has 2 rings (SSSR count). The molecule has 0 bridgehead atoms. The second kappa shape index (κ2) is 5.46. The van der Waals surface area contributed by atoms with Gasteiger partial charge in [0.2, 0.25) is 5.91 Å². The van der Waals surface area contributed by atoms with Crippen molar-refractivity contribution >= 4 is 5.91 Å². The number of rotatable bonds is 2. The normalized spacial score (nSPS) is 20.2. The summed E-state index contributed by atoms with van der Waals surface area (Å²) in [7, 11) is 0.